The highest BCUT2D eigenvalue weighted by atomic mass is 35.5. The number of nitrogens with zero attached hydrogens (tertiary/aromatic N) is 1. The molecule has 29 heavy (non-hydrogen) atoms. The summed E-state index contributed by atoms with van der Waals surface area (Å²) in [6, 6.07) is 12.6. The lowest BCUT2D eigenvalue weighted by atomic mass is 10.2. The van der Waals surface area contributed by atoms with Crippen molar-refractivity contribution in [3.8, 4) is 11.5 Å². The van der Waals surface area contributed by atoms with Gasteiger partial charge in [-0.2, -0.15) is 0 Å². The fourth-order valence-corrected chi connectivity index (χ4v) is 4.18. The summed E-state index contributed by atoms with van der Waals surface area (Å²) in [7, 11) is -2.14. The fourth-order valence-electron chi connectivity index (χ4n) is 2.84. The van der Waals surface area contributed by atoms with Gasteiger partial charge >= 0.3 is 0 Å². The molecule has 7 nitrogen and oxygen atoms in total. The molecule has 1 amide bonds. The molecule has 0 bridgehead atoms. The first-order chi connectivity index (χ1) is 13.8. The highest BCUT2D eigenvalue weighted by Gasteiger charge is 2.31. The van der Waals surface area contributed by atoms with E-state index in [4.69, 9.17) is 21.1 Å². The Hall–Kier alpha value is -2.45. The van der Waals surface area contributed by atoms with Crippen LogP contribution in [0, 0.1) is 0 Å². The SMILES string of the molecule is CCC(C(=O)NCCOc1ccccc1OC)N(c1ccc(Cl)cc1)S(C)(=O)=O. The lowest BCUT2D eigenvalue weighted by Crippen LogP contribution is -2.50. The van der Waals surface area contributed by atoms with Gasteiger partial charge in [-0.3, -0.25) is 9.10 Å². The molecule has 1 atom stereocenters. The average Bonchev–Trinajstić information content (AvgIpc) is 2.69. The van der Waals surface area contributed by atoms with E-state index in [2.05, 4.69) is 5.32 Å². The van der Waals surface area contributed by atoms with Crippen molar-refractivity contribution in [2.75, 3.05) is 30.8 Å². The van der Waals surface area contributed by atoms with Crippen LogP contribution in [-0.4, -0.2) is 46.9 Å². The number of sulfonamides is 1. The smallest absolute Gasteiger partial charge is 0.244 e. The number of hydrogen-bond acceptors (Lipinski definition) is 5. The van der Waals surface area contributed by atoms with E-state index in [9.17, 15) is 13.2 Å². The second-order valence-electron chi connectivity index (χ2n) is 6.25. The number of amides is 1. The third-order valence-electron chi connectivity index (χ3n) is 4.14. The van der Waals surface area contributed by atoms with Gasteiger partial charge in [-0.15, -0.1) is 0 Å². The second kappa shape index (κ2) is 10.4. The van der Waals surface area contributed by atoms with Gasteiger partial charge in [0.2, 0.25) is 15.9 Å². The lowest BCUT2D eigenvalue weighted by Gasteiger charge is -2.30. The van der Waals surface area contributed by atoms with E-state index in [0.717, 1.165) is 10.6 Å². The zero-order valence-corrected chi connectivity index (χ0v) is 18.2. The molecule has 0 aliphatic heterocycles. The quantitative estimate of drug-likeness (QED) is 0.574. The van der Waals surface area contributed by atoms with E-state index in [0.29, 0.717) is 28.6 Å². The van der Waals surface area contributed by atoms with Crippen molar-refractivity contribution in [1.82, 2.24) is 5.32 Å². The standard InChI is InChI=1S/C20H25ClN2O5S/c1-4-17(23(29(3,25)26)16-11-9-15(21)10-12-16)20(24)22-13-14-28-19-8-6-5-7-18(19)27-2/h5-12,17H,4,13-14H2,1-3H3,(H,22,24). The van der Waals surface area contributed by atoms with E-state index in [-0.39, 0.29) is 13.2 Å². The molecule has 0 fully saturated rings. The highest BCUT2D eigenvalue weighted by molar-refractivity contribution is 7.92. The molecule has 1 unspecified atom stereocenters. The van der Waals surface area contributed by atoms with Crippen molar-refractivity contribution >= 4 is 33.2 Å². The maximum absolute atomic E-state index is 12.7. The van der Waals surface area contributed by atoms with Gasteiger partial charge in [0.15, 0.2) is 11.5 Å². The molecule has 0 saturated carbocycles. The third kappa shape index (κ3) is 6.27. The van der Waals surface area contributed by atoms with Crippen LogP contribution in [0.5, 0.6) is 11.5 Å². The predicted molar refractivity (Wildman–Crippen MR) is 114 cm³/mol. The molecule has 2 rings (SSSR count). The van der Waals surface area contributed by atoms with Gasteiger partial charge in [0, 0.05) is 5.02 Å². The first-order valence-corrected chi connectivity index (χ1v) is 11.3. The van der Waals surface area contributed by atoms with Gasteiger partial charge in [0.05, 0.1) is 25.6 Å². The molecule has 9 heteroatoms. The third-order valence-corrected chi connectivity index (χ3v) is 5.57. The number of carbonyl (C=O) groups is 1. The molecule has 2 aromatic rings. The molecular weight excluding hydrogens is 416 g/mol. The van der Waals surface area contributed by atoms with E-state index >= 15 is 0 Å². The Labute approximate surface area is 176 Å². The predicted octanol–water partition coefficient (Wildman–Crippen LogP) is 3.09. The van der Waals surface area contributed by atoms with E-state index in [1.807, 2.05) is 12.1 Å². The molecule has 0 saturated heterocycles. The summed E-state index contributed by atoms with van der Waals surface area (Å²) in [5.41, 5.74) is 0.379. The minimum atomic E-state index is -3.69. The van der Waals surface area contributed by atoms with Crippen molar-refractivity contribution in [1.29, 1.82) is 0 Å². The minimum absolute atomic E-state index is 0.211. The van der Waals surface area contributed by atoms with Crippen LogP contribution < -0.4 is 19.1 Å². The summed E-state index contributed by atoms with van der Waals surface area (Å²) in [5.74, 6) is 0.753. The van der Waals surface area contributed by atoms with Crippen molar-refractivity contribution in [3.05, 3.63) is 53.6 Å². The van der Waals surface area contributed by atoms with Gasteiger partial charge in [-0.05, 0) is 42.8 Å². The monoisotopic (exact) mass is 440 g/mol. The Bertz CT molecular complexity index is 919. The lowest BCUT2D eigenvalue weighted by molar-refractivity contribution is -0.122. The zero-order valence-electron chi connectivity index (χ0n) is 16.6. The van der Waals surface area contributed by atoms with Crippen LogP contribution in [0.25, 0.3) is 0 Å². The van der Waals surface area contributed by atoms with Gasteiger partial charge < -0.3 is 14.8 Å². The highest BCUT2D eigenvalue weighted by Crippen LogP contribution is 2.26. The average molecular weight is 441 g/mol. The molecule has 0 spiro atoms. The number of methoxy groups -OCH3 is 1. The van der Waals surface area contributed by atoms with Crippen LogP contribution in [0.2, 0.25) is 5.02 Å². The Balaban J connectivity index is 2.04. The van der Waals surface area contributed by atoms with Crippen LogP contribution >= 0.6 is 11.6 Å². The Morgan fingerprint density at radius 2 is 1.76 bits per heavy atom. The van der Waals surface area contributed by atoms with Crippen molar-refractivity contribution in [3.63, 3.8) is 0 Å². The Morgan fingerprint density at radius 1 is 1.14 bits per heavy atom. The number of ether oxygens (including phenoxy) is 2. The summed E-state index contributed by atoms with van der Waals surface area (Å²) >= 11 is 5.89. The van der Waals surface area contributed by atoms with Crippen LogP contribution in [0.15, 0.2) is 48.5 Å². The second-order valence-corrected chi connectivity index (χ2v) is 8.55. The molecule has 0 radical (unpaired) electrons. The number of anilines is 1. The van der Waals surface area contributed by atoms with E-state index in [1.165, 1.54) is 0 Å². The molecule has 0 aromatic heterocycles. The molecular formula is C20H25ClN2O5S. The summed E-state index contributed by atoms with van der Waals surface area (Å²) in [6.07, 6.45) is 1.37. The summed E-state index contributed by atoms with van der Waals surface area (Å²) < 4.78 is 36.7. The summed E-state index contributed by atoms with van der Waals surface area (Å²) in [6.45, 7) is 2.18. The first kappa shape index (κ1) is 22.8. The van der Waals surface area contributed by atoms with Crippen molar-refractivity contribution in [2.24, 2.45) is 0 Å². The largest absolute Gasteiger partial charge is 0.493 e. The molecule has 0 aliphatic rings. The van der Waals surface area contributed by atoms with Gasteiger partial charge in [0.25, 0.3) is 0 Å². The molecule has 158 valence electrons. The van der Waals surface area contributed by atoms with Gasteiger partial charge in [0.1, 0.15) is 12.6 Å². The van der Waals surface area contributed by atoms with Gasteiger partial charge in [-0.1, -0.05) is 30.7 Å². The van der Waals surface area contributed by atoms with Crippen LogP contribution in [0.1, 0.15) is 13.3 Å². The molecule has 1 N–H and O–H groups in total. The van der Waals surface area contributed by atoms with Crippen LogP contribution in [-0.2, 0) is 14.8 Å². The maximum Gasteiger partial charge on any atom is 0.244 e. The number of hydrogen-bond donors (Lipinski definition) is 1. The fraction of sp³-hybridized carbons (Fsp3) is 0.350. The van der Waals surface area contributed by atoms with E-state index in [1.54, 1.807) is 50.4 Å². The Kier molecular flexibility index (Phi) is 8.16. The van der Waals surface area contributed by atoms with E-state index < -0.39 is 22.0 Å². The van der Waals surface area contributed by atoms with Crippen molar-refractivity contribution < 1.29 is 22.7 Å². The first-order valence-electron chi connectivity index (χ1n) is 9.06. The molecule has 2 aromatic carbocycles. The normalized spacial score (nSPS) is 12.1. The minimum Gasteiger partial charge on any atom is -0.493 e. The zero-order chi connectivity index (χ0) is 21.4. The number of para-hydroxylation sites is 2. The number of rotatable bonds is 10. The summed E-state index contributed by atoms with van der Waals surface area (Å²) in [5, 5.41) is 3.22. The number of carbonyl (C=O) groups excluding carboxylic acids is 1. The summed E-state index contributed by atoms with van der Waals surface area (Å²) in [4.78, 5) is 12.7. The number of benzene rings is 2. The van der Waals surface area contributed by atoms with Gasteiger partial charge in [-0.25, -0.2) is 8.42 Å². The maximum atomic E-state index is 12.7. The Morgan fingerprint density at radius 3 is 2.31 bits per heavy atom. The van der Waals surface area contributed by atoms with Crippen LogP contribution in [0.4, 0.5) is 5.69 Å². The number of halogens is 1. The van der Waals surface area contributed by atoms with Crippen molar-refractivity contribution in [2.45, 2.75) is 19.4 Å². The molecule has 0 heterocycles. The van der Waals surface area contributed by atoms with Crippen LogP contribution in [0.3, 0.4) is 0 Å². The molecule has 0 aliphatic carbocycles. The topological polar surface area (TPSA) is 84.9 Å². The number of nitrogens with one attached hydrogen (secondary N) is 1.